The van der Waals surface area contributed by atoms with Crippen LogP contribution in [0.2, 0.25) is 0 Å². The van der Waals surface area contributed by atoms with E-state index in [1.165, 1.54) is 0 Å². The molecule has 7 nitrogen and oxygen atoms in total. The van der Waals surface area contributed by atoms with Gasteiger partial charge >= 0.3 is 13.8 Å². The van der Waals surface area contributed by atoms with E-state index in [2.05, 4.69) is 31.9 Å². The van der Waals surface area contributed by atoms with Gasteiger partial charge in [0.2, 0.25) is 0 Å². The third-order valence-electron chi connectivity index (χ3n) is 4.64. The van der Waals surface area contributed by atoms with Gasteiger partial charge in [0.05, 0.1) is 38.9 Å². The van der Waals surface area contributed by atoms with Crippen LogP contribution in [0.25, 0.3) is 0 Å². The third-order valence-corrected chi connectivity index (χ3v) is 5.16. The van der Waals surface area contributed by atoms with Gasteiger partial charge in [-0.05, 0) is 34.1 Å². The van der Waals surface area contributed by atoms with Crippen molar-refractivity contribution >= 4 is 13.8 Å². The number of nitrogens with zero attached hydrogens (tertiary/aromatic N) is 1. The number of phosphoric acid groups is 1. The molecule has 8 heteroatoms. The Morgan fingerprint density at radius 2 is 1.67 bits per heavy atom. The molecule has 0 saturated heterocycles. The molecule has 0 rings (SSSR count). The minimum absolute atomic E-state index is 0.0144. The van der Waals surface area contributed by atoms with Crippen molar-refractivity contribution in [1.82, 2.24) is 0 Å². The molecule has 0 bridgehead atoms. The van der Waals surface area contributed by atoms with Gasteiger partial charge in [-0.25, -0.2) is 9.36 Å². The van der Waals surface area contributed by atoms with Gasteiger partial charge in [-0.2, -0.15) is 0 Å². The second kappa shape index (κ2) is 11.0. The lowest BCUT2D eigenvalue weighted by atomic mass is 10.0. The van der Waals surface area contributed by atoms with Gasteiger partial charge in [0.1, 0.15) is 0 Å². The van der Waals surface area contributed by atoms with E-state index in [0.717, 1.165) is 30.5 Å². The summed E-state index contributed by atoms with van der Waals surface area (Å²) in [6.45, 7) is 14.6. The van der Waals surface area contributed by atoms with Crippen molar-refractivity contribution in [3.63, 3.8) is 0 Å². The first kappa shape index (κ1) is 23.3. The number of hydrogen-bond donors (Lipinski definition) is 2. The van der Waals surface area contributed by atoms with Crippen LogP contribution in [0.5, 0.6) is 0 Å². The molecule has 2 N–H and O–H groups in total. The summed E-state index contributed by atoms with van der Waals surface area (Å²) in [6.07, 6.45) is 2.04. The Bertz CT molecular complexity index is 436. The smallest absolute Gasteiger partial charge is 0.462 e. The van der Waals surface area contributed by atoms with Crippen LogP contribution in [-0.2, 0) is 18.6 Å². The maximum absolute atomic E-state index is 11.4. The molecule has 0 aliphatic heterocycles. The predicted molar refractivity (Wildman–Crippen MR) is 93.3 cm³/mol. The molecular formula is C16H33NO6P+. The summed E-state index contributed by atoms with van der Waals surface area (Å²) < 4.78 is 21.5. The number of esters is 1. The monoisotopic (exact) mass is 366 g/mol. The van der Waals surface area contributed by atoms with Gasteiger partial charge < -0.3 is 19.0 Å². The molecule has 1 unspecified atom stereocenters. The van der Waals surface area contributed by atoms with Crippen molar-refractivity contribution in [2.45, 2.75) is 53.0 Å². The summed E-state index contributed by atoms with van der Waals surface area (Å²) in [4.78, 5) is 29.1. The van der Waals surface area contributed by atoms with Crippen molar-refractivity contribution in [2.24, 2.45) is 0 Å². The maximum Gasteiger partial charge on any atom is 0.469 e. The SMILES string of the molecule is C=C(C)C(=O)OCCCC(CCOP(=O)(O)O)[N+](CC)(CC)CC. The van der Waals surface area contributed by atoms with Gasteiger partial charge in [-0.1, -0.05) is 6.58 Å². The summed E-state index contributed by atoms with van der Waals surface area (Å²) >= 11 is 0. The zero-order valence-corrected chi connectivity index (χ0v) is 16.3. The molecule has 0 aliphatic carbocycles. The highest BCUT2D eigenvalue weighted by Gasteiger charge is 2.32. The summed E-state index contributed by atoms with van der Waals surface area (Å²) in [5.74, 6) is -0.390. The summed E-state index contributed by atoms with van der Waals surface area (Å²) in [6, 6.07) is 0.195. The average molecular weight is 366 g/mol. The molecule has 142 valence electrons. The van der Waals surface area contributed by atoms with Crippen LogP contribution in [0.1, 0.15) is 47.0 Å². The minimum Gasteiger partial charge on any atom is -0.462 e. The minimum atomic E-state index is -4.44. The van der Waals surface area contributed by atoms with Gasteiger partial charge in [0, 0.05) is 18.4 Å². The number of carbonyl (C=O) groups is 1. The lowest BCUT2D eigenvalue weighted by molar-refractivity contribution is -0.947. The van der Waals surface area contributed by atoms with E-state index < -0.39 is 13.8 Å². The molecular weight excluding hydrogens is 333 g/mol. The van der Waals surface area contributed by atoms with Crippen LogP contribution in [0.15, 0.2) is 12.2 Å². The van der Waals surface area contributed by atoms with E-state index >= 15 is 0 Å². The normalized spacial score (nSPS) is 13.6. The van der Waals surface area contributed by atoms with E-state index in [1.807, 2.05) is 0 Å². The van der Waals surface area contributed by atoms with Crippen molar-refractivity contribution in [2.75, 3.05) is 32.8 Å². The Morgan fingerprint density at radius 3 is 2.08 bits per heavy atom. The maximum atomic E-state index is 11.4. The fourth-order valence-corrected chi connectivity index (χ4v) is 3.40. The van der Waals surface area contributed by atoms with Crippen LogP contribution >= 0.6 is 7.82 Å². The number of rotatable bonds is 13. The van der Waals surface area contributed by atoms with Gasteiger partial charge in [-0.3, -0.25) is 4.52 Å². The molecule has 0 aliphatic rings. The van der Waals surface area contributed by atoms with E-state index in [1.54, 1.807) is 6.92 Å². The van der Waals surface area contributed by atoms with Gasteiger partial charge in [-0.15, -0.1) is 0 Å². The standard InChI is InChI=1S/C16H32NO6P/c1-6-17(7-2,8-3)15(11-13-23-24(19,20)21)10-9-12-22-16(18)14(4)5/h15H,4,6-13H2,1-3,5H3,(H-,19,20,21)/p+1. The largest absolute Gasteiger partial charge is 0.469 e. The molecule has 0 aromatic carbocycles. The molecule has 0 fully saturated rings. The summed E-state index contributed by atoms with van der Waals surface area (Å²) in [5, 5.41) is 0. The fraction of sp³-hybridized carbons (Fsp3) is 0.812. The number of quaternary nitrogens is 1. The highest BCUT2D eigenvalue weighted by atomic mass is 31.2. The van der Waals surface area contributed by atoms with Crippen molar-refractivity contribution in [3.05, 3.63) is 12.2 Å². The van der Waals surface area contributed by atoms with Crippen LogP contribution in [-0.4, -0.2) is 59.1 Å². The summed E-state index contributed by atoms with van der Waals surface area (Å²) in [7, 11) is -4.44. The molecule has 0 heterocycles. The second-order valence-electron chi connectivity index (χ2n) is 5.99. The highest BCUT2D eigenvalue weighted by Crippen LogP contribution is 2.36. The first-order valence-electron chi connectivity index (χ1n) is 8.50. The zero-order chi connectivity index (χ0) is 18.8. The first-order chi connectivity index (χ1) is 11.1. The Morgan fingerprint density at radius 1 is 1.12 bits per heavy atom. The quantitative estimate of drug-likeness (QED) is 0.171. The molecule has 0 saturated carbocycles. The molecule has 1 atom stereocenters. The Hall–Kier alpha value is -0.720. The zero-order valence-electron chi connectivity index (χ0n) is 15.4. The Labute approximate surface area is 145 Å². The number of phosphoric ester groups is 1. The first-order valence-corrected chi connectivity index (χ1v) is 10.0. The van der Waals surface area contributed by atoms with E-state index in [0.29, 0.717) is 25.0 Å². The number of carbonyl (C=O) groups excluding carboxylic acids is 1. The molecule has 0 aromatic heterocycles. The van der Waals surface area contributed by atoms with Gasteiger partial charge in [0.15, 0.2) is 0 Å². The van der Waals surface area contributed by atoms with E-state index in [-0.39, 0.29) is 12.6 Å². The fourth-order valence-electron chi connectivity index (χ4n) is 3.05. The average Bonchev–Trinajstić information content (AvgIpc) is 2.51. The number of hydrogen-bond acceptors (Lipinski definition) is 4. The predicted octanol–water partition coefficient (Wildman–Crippen LogP) is 2.63. The molecule has 0 aromatic rings. The highest BCUT2D eigenvalue weighted by molar-refractivity contribution is 7.46. The number of ether oxygens (including phenoxy) is 1. The van der Waals surface area contributed by atoms with Crippen molar-refractivity contribution in [3.8, 4) is 0 Å². The lowest BCUT2D eigenvalue weighted by Gasteiger charge is -2.43. The molecule has 0 radical (unpaired) electrons. The van der Waals surface area contributed by atoms with E-state index in [4.69, 9.17) is 14.5 Å². The lowest BCUT2D eigenvalue weighted by Crippen LogP contribution is -2.55. The Balaban J connectivity index is 4.71. The molecule has 0 amide bonds. The topological polar surface area (TPSA) is 93.1 Å². The van der Waals surface area contributed by atoms with Crippen LogP contribution < -0.4 is 0 Å². The molecule has 0 spiro atoms. The van der Waals surface area contributed by atoms with Crippen LogP contribution in [0.4, 0.5) is 0 Å². The van der Waals surface area contributed by atoms with Crippen LogP contribution in [0, 0.1) is 0 Å². The van der Waals surface area contributed by atoms with E-state index in [9.17, 15) is 9.36 Å². The van der Waals surface area contributed by atoms with Gasteiger partial charge in [0.25, 0.3) is 0 Å². The van der Waals surface area contributed by atoms with Crippen molar-refractivity contribution in [1.29, 1.82) is 0 Å². The van der Waals surface area contributed by atoms with Crippen LogP contribution in [0.3, 0.4) is 0 Å². The second-order valence-corrected chi connectivity index (χ2v) is 7.23. The third kappa shape index (κ3) is 8.40. The summed E-state index contributed by atoms with van der Waals surface area (Å²) in [5.41, 5.74) is 0.377. The van der Waals surface area contributed by atoms with Crippen molar-refractivity contribution < 1.29 is 32.9 Å². The Kier molecular flexibility index (Phi) is 10.7. The molecule has 24 heavy (non-hydrogen) atoms.